The Labute approximate surface area is 195 Å². The van der Waals surface area contributed by atoms with Crippen molar-refractivity contribution in [3.05, 3.63) is 47.0 Å². The van der Waals surface area contributed by atoms with Crippen molar-refractivity contribution in [2.45, 2.75) is 29.7 Å². The lowest BCUT2D eigenvalue weighted by Gasteiger charge is -2.18. The van der Waals surface area contributed by atoms with E-state index in [-0.39, 0.29) is 11.7 Å². The van der Waals surface area contributed by atoms with E-state index in [1.165, 1.54) is 20.7 Å². The second kappa shape index (κ2) is 9.18. The van der Waals surface area contributed by atoms with Gasteiger partial charge in [0, 0.05) is 24.4 Å². The number of halogens is 1. The number of sulfonamides is 1. The van der Waals surface area contributed by atoms with Crippen molar-refractivity contribution in [2.75, 3.05) is 25.7 Å². The minimum Gasteiger partial charge on any atom is -0.454 e. The number of hydrogen-bond acceptors (Lipinski definition) is 8. The molecule has 0 unspecified atom stereocenters. The van der Waals surface area contributed by atoms with E-state index in [4.69, 9.17) is 26.9 Å². The highest BCUT2D eigenvalue weighted by Gasteiger charge is 2.23. The first-order chi connectivity index (χ1) is 15.3. The number of nitrogens with zero attached hydrogens (tertiary/aromatic N) is 4. The first kappa shape index (κ1) is 22.7. The fourth-order valence-electron chi connectivity index (χ4n) is 3.33. The van der Waals surface area contributed by atoms with Gasteiger partial charge < -0.3 is 15.3 Å². The molecule has 0 radical (unpaired) electrons. The van der Waals surface area contributed by atoms with Crippen molar-refractivity contribution >= 4 is 33.4 Å². The van der Waals surface area contributed by atoms with Gasteiger partial charge in [-0.15, -0.1) is 10.2 Å². The predicted octanol–water partition coefficient (Wildman–Crippen LogP) is 3.36. The van der Waals surface area contributed by atoms with Crippen LogP contribution in [0.15, 0.2) is 46.5 Å². The number of thioether (sulfide) groups is 1. The van der Waals surface area contributed by atoms with E-state index in [9.17, 15) is 8.42 Å². The number of nitrogens with two attached hydrogens (primary N) is 1. The third-order valence-corrected chi connectivity index (χ3v) is 8.30. The molecular formula is C20H22ClN5O4S2. The van der Waals surface area contributed by atoms with Crippen LogP contribution >= 0.6 is 23.4 Å². The zero-order valence-corrected chi connectivity index (χ0v) is 19.9. The number of rotatable bonds is 8. The zero-order chi connectivity index (χ0) is 22.9. The van der Waals surface area contributed by atoms with Gasteiger partial charge in [-0.05, 0) is 29.8 Å². The average molecular weight is 496 g/mol. The van der Waals surface area contributed by atoms with Gasteiger partial charge in [-0.25, -0.2) is 13.1 Å². The topological polar surface area (TPSA) is 113 Å². The molecule has 1 aliphatic rings. The molecule has 170 valence electrons. The molecule has 3 aromatic rings. The molecule has 2 aromatic carbocycles. The maximum absolute atomic E-state index is 12.9. The summed E-state index contributed by atoms with van der Waals surface area (Å²) in [5, 5.41) is 9.29. The van der Waals surface area contributed by atoms with Gasteiger partial charge in [0.15, 0.2) is 17.3 Å². The Bertz CT molecular complexity index is 1240. The molecular weight excluding hydrogens is 474 g/mol. The molecule has 0 saturated heterocycles. The van der Waals surface area contributed by atoms with Crippen molar-refractivity contribution in [1.29, 1.82) is 0 Å². The molecule has 2 heterocycles. The Hall–Kier alpha value is -2.47. The summed E-state index contributed by atoms with van der Waals surface area (Å²) in [6, 6.07) is 10.2. The summed E-state index contributed by atoms with van der Waals surface area (Å²) < 4.78 is 39.2. The number of nitrogen functional groups attached to an aromatic ring is 1. The van der Waals surface area contributed by atoms with E-state index in [0.717, 1.165) is 5.56 Å². The first-order valence-electron chi connectivity index (χ1n) is 9.87. The molecule has 0 aliphatic carbocycles. The fourth-order valence-corrected chi connectivity index (χ4v) is 5.91. The van der Waals surface area contributed by atoms with Crippen LogP contribution in [0, 0.1) is 0 Å². The zero-order valence-electron chi connectivity index (χ0n) is 17.5. The Morgan fingerprint density at radius 1 is 1.19 bits per heavy atom. The molecule has 0 spiro atoms. The van der Waals surface area contributed by atoms with Gasteiger partial charge in [0.2, 0.25) is 22.0 Å². The lowest BCUT2D eigenvalue weighted by atomic mass is 10.2. The molecule has 0 bridgehead atoms. The lowest BCUT2D eigenvalue weighted by Crippen LogP contribution is -2.30. The maximum atomic E-state index is 12.9. The van der Waals surface area contributed by atoms with Gasteiger partial charge >= 0.3 is 0 Å². The van der Waals surface area contributed by atoms with Crippen molar-refractivity contribution in [1.82, 2.24) is 19.2 Å². The normalized spacial score (nSPS) is 13.1. The highest BCUT2D eigenvalue weighted by Crippen LogP contribution is 2.40. The van der Waals surface area contributed by atoms with Crippen LogP contribution in [-0.2, 0) is 15.8 Å². The Kier molecular flexibility index (Phi) is 6.52. The molecule has 0 saturated carbocycles. The standard InChI is InChI=1S/C20H22ClN5O4S2/c1-3-25(4-2)32(27,28)15-7-5-6-14(10-15)19-23-24-20(26(19)22)31-11-13-8-16(21)18-17(9-13)29-12-30-18/h5-10H,3-4,11-12,22H2,1-2H3. The Balaban J connectivity index is 1.55. The smallest absolute Gasteiger partial charge is 0.243 e. The second-order valence-electron chi connectivity index (χ2n) is 6.89. The summed E-state index contributed by atoms with van der Waals surface area (Å²) >= 11 is 7.62. The molecule has 12 heteroatoms. The van der Waals surface area contributed by atoms with Crippen LogP contribution in [0.25, 0.3) is 11.4 Å². The van der Waals surface area contributed by atoms with Crippen LogP contribution in [0.4, 0.5) is 0 Å². The molecule has 0 amide bonds. The highest BCUT2D eigenvalue weighted by molar-refractivity contribution is 7.98. The summed E-state index contributed by atoms with van der Waals surface area (Å²) in [4.78, 5) is 0.186. The molecule has 1 aromatic heterocycles. The van der Waals surface area contributed by atoms with E-state index in [0.29, 0.717) is 51.9 Å². The summed E-state index contributed by atoms with van der Waals surface area (Å²) in [5.41, 5.74) is 1.48. The molecule has 0 atom stereocenters. The summed E-state index contributed by atoms with van der Waals surface area (Å²) in [5.74, 6) is 8.28. The molecule has 9 nitrogen and oxygen atoms in total. The number of fused-ring (bicyclic) bond motifs is 1. The summed E-state index contributed by atoms with van der Waals surface area (Å²) in [7, 11) is -3.60. The second-order valence-corrected chi connectivity index (χ2v) is 10.2. The first-order valence-corrected chi connectivity index (χ1v) is 12.7. The largest absolute Gasteiger partial charge is 0.454 e. The van der Waals surface area contributed by atoms with Crippen molar-refractivity contribution < 1.29 is 17.9 Å². The van der Waals surface area contributed by atoms with Gasteiger partial charge in [0.25, 0.3) is 0 Å². The Morgan fingerprint density at radius 2 is 1.97 bits per heavy atom. The molecule has 1 aliphatic heterocycles. The van der Waals surface area contributed by atoms with Gasteiger partial charge in [0.1, 0.15) is 0 Å². The van der Waals surface area contributed by atoms with Crippen LogP contribution in [0.1, 0.15) is 19.4 Å². The summed E-state index contributed by atoms with van der Waals surface area (Å²) in [6.07, 6.45) is 0. The van der Waals surface area contributed by atoms with E-state index in [1.54, 1.807) is 38.1 Å². The quantitative estimate of drug-likeness (QED) is 0.374. The number of aromatic nitrogens is 3. The maximum Gasteiger partial charge on any atom is 0.243 e. The van der Waals surface area contributed by atoms with Crippen LogP contribution in [-0.4, -0.2) is 47.5 Å². The van der Waals surface area contributed by atoms with E-state index >= 15 is 0 Å². The van der Waals surface area contributed by atoms with E-state index in [2.05, 4.69) is 10.2 Å². The van der Waals surface area contributed by atoms with Gasteiger partial charge in [0.05, 0.1) is 9.92 Å². The lowest BCUT2D eigenvalue weighted by molar-refractivity contribution is 0.174. The number of hydrogen-bond donors (Lipinski definition) is 1. The minimum absolute atomic E-state index is 0.148. The number of benzene rings is 2. The fraction of sp³-hybridized carbons (Fsp3) is 0.300. The summed E-state index contributed by atoms with van der Waals surface area (Å²) in [6.45, 7) is 4.53. The molecule has 2 N–H and O–H groups in total. The van der Waals surface area contributed by atoms with Crippen LogP contribution in [0.5, 0.6) is 11.5 Å². The molecule has 32 heavy (non-hydrogen) atoms. The third kappa shape index (κ3) is 4.25. The van der Waals surface area contributed by atoms with Crippen LogP contribution in [0.2, 0.25) is 5.02 Å². The SMILES string of the molecule is CCN(CC)S(=O)(=O)c1cccc(-c2nnc(SCc3cc(Cl)c4c(c3)OCO4)n2N)c1. The van der Waals surface area contributed by atoms with Gasteiger partial charge in [-0.2, -0.15) is 4.31 Å². The van der Waals surface area contributed by atoms with Crippen LogP contribution in [0.3, 0.4) is 0 Å². The minimum atomic E-state index is -3.60. The van der Waals surface area contributed by atoms with Crippen LogP contribution < -0.4 is 15.3 Å². The highest BCUT2D eigenvalue weighted by atomic mass is 35.5. The van der Waals surface area contributed by atoms with Crippen molar-refractivity contribution in [3.63, 3.8) is 0 Å². The average Bonchev–Trinajstić information content (AvgIpc) is 3.40. The third-order valence-electron chi connectivity index (χ3n) is 4.95. The van der Waals surface area contributed by atoms with E-state index in [1.807, 2.05) is 12.1 Å². The Morgan fingerprint density at radius 3 is 2.72 bits per heavy atom. The molecule has 4 rings (SSSR count). The van der Waals surface area contributed by atoms with Crippen molar-refractivity contribution in [3.8, 4) is 22.9 Å². The monoisotopic (exact) mass is 495 g/mol. The predicted molar refractivity (Wildman–Crippen MR) is 123 cm³/mol. The molecule has 0 fully saturated rings. The van der Waals surface area contributed by atoms with Gasteiger partial charge in [-0.3, -0.25) is 0 Å². The van der Waals surface area contributed by atoms with Gasteiger partial charge in [-0.1, -0.05) is 49.3 Å². The van der Waals surface area contributed by atoms with Crippen molar-refractivity contribution in [2.24, 2.45) is 0 Å². The number of ether oxygens (including phenoxy) is 2. The van der Waals surface area contributed by atoms with E-state index < -0.39 is 10.0 Å².